The van der Waals surface area contributed by atoms with Crippen LogP contribution in [0, 0.1) is 23.0 Å². The number of anilines is 1. The number of nitrogens with zero attached hydrogens (tertiary/aromatic N) is 3. The normalized spacial score (nSPS) is 22.6. The summed E-state index contributed by atoms with van der Waals surface area (Å²) in [5.41, 5.74) is 8.44. The average Bonchev–Trinajstić information content (AvgIpc) is 3.47. The van der Waals surface area contributed by atoms with Gasteiger partial charge in [0.1, 0.15) is 35.3 Å². The molecule has 5 rings (SSSR count). The van der Waals surface area contributed by atoms with Gasteiger partial charge in [0.2, 0.25) is 5.91 Å². The summed E-state index contributed by atoms with van der Waals surface area (Å²) >= 11 is 0. The lowest BCUT2D eigenvalue weighted by Crippen LogP contribution is -2.31. The molecule has 2 saturated carbocycles. The molecular formula is C31H33F2N5O2. The number of rotatable bonds is 9. The largest absolute Gasteiger partial charge is 0.457 e. The molecule has 0 bridgehead atoms. The Kier molecular flexibility index (Phi) is 7.65. The van der Waals surface area contributed by atoms with Gasteiger partial charge in [0.05, 0.1) is 17.0 Å². The van der Waals surface area contributed by atoms with Gasteiger partial charge in [0.25, 0.3) is 0 Å². The third-order valence-electron chi connectivity index (χ3n) is 8.30. The number of amides is 1. The number of hydrogen-bond acceptors (Lipinski definition) is 6. The van der Waals surface area contributed by atoms with Gasteiger partial charge in [-0.15, -0.1) is 0 Å². The minimum Gasteiger partial charge on any atom is -0.457 e. The highest BCUT2D eigenvalue weighted by atomic mass is 19.1. The minimum absolute atomic E-state index is 0.0737. The second-order valence-electron chi connectivity index (χ2n) is 10.6. The number of nitrogen functional groups attached to an aromatic ring is 1. The number of aliphatic imine (C=N–C) groups is 1. The van der Waals surface area contributed by atoms with Gasteiger partial charge in [0.15, 0.2) is 0 Å². The van der Waals surface area contributed by atoms with E-state index in [2.05, 4.69) is 33.8 Å². The molecule has 2 fully saturated rings. The highest BCUT2D eigenvalue weighted by molar-refractivity contribution is 6.16. The monoisotopic (exact) mass is 545 g/mol. The number of carbonyl (C=O) groups excluding carboxylic acids is 1. The van der Waals surface area contributed by atoms with Crippen LogP contribution in [0.2, 0.25) is 0 Å². The van der Waals surface area contributed by atoms with Crippen LogP contribution in [0.1, 0.15) is 61.8 Å². The molecule has 3 N–H and O–H groups in total. The van der Waals surface area contributed by atoms with E-state index in [1.54, 1.807) is 25.2 Å². The topological polar surface area (TPSA) is 102 Å². The predicted octanol–water partition coefficient (Wildman–Crippen LogP) is 5.95. The maximum Gasteiger partial charge on any atom is 0.243 e. The molecule has 2 aliphatic rings. The van der Waals surface area contributed by atoms with E-state index in [0.29, 0.717) is 17.2 Å². The third-order valence-corrected chi connectivity index (χ3v) is 8.30. The average molecular weight is 546 g/mol. The number of ether oxygens (including phenoxy) is 1. The Morgan fingerprint density at radius 3 is 2.75 bits per heavy atom. The van der Waals surface area contributed by atoms with Gasteiger partial charge in [0, 0.05) is 36.7 Å². The first-order valence-corrected chi connectivity index (χ1v) is 13.5. The summed E-state index contributed by atoms with van der Waals surface area (Å²) in [5.74, 6) is 0.0186. The molecule has 2 aliphatic carbocycles. The fourth-order valence-electron chi connectivity index (χ4n) is 6.40. The molecule has 0 radical (unpaired) electrons. The van der Waals surface area contributed by atoms with Crippen molar-refractivity contribution >= 4 is 17.4 Å². The lowest BCUT2D eigenvalue weighted by molar-refractivity contribution is -0.117. The Labute approximate surface area is 232 Å². The van der Waals surface area contributed by atoms with Crippen LogP contribution in [0.3, 0.4) is 0 Å². The molecular weight excluding hydrogens is 512 g/mol. The smallest absolute Gasteiger partial charge is 0.243 e. The Morgan fingerprint density at radius 2 is 2.05 bits per heavy atom. The lowest BCUT2D eigenvalue weighted by atomic mass is 9.85. The van der Waals surface area contributed by atoms with Gasteiger partial charge in [-0.2, -0.15) is 0 Å². The molecule has 1 spiro atoms. The van der Waals surface area contributed by atoms with Crippen LogP contribution in [0.5, 0.6) is 11.5 Å². The summed E-state index contributed by atoms with van der Waals surface area (Å²) in [6.45, 7) is 5.67. The lowest BCUT2D eigenvalue weighted by Gasteiger charge is -2.22. The Bertz CT molecular complexity index is 1480. The summed E-state index contributed by atoms with van der Waals surface area (Å²) < 4.78 is 34.7. The Morgan fingerprint density at radius 1 is 1.25 bits per heavy atom. The number of nitrogens with two attached hydrogens (primary N) is 1. The maximum absolute atomic E-state index is 15.5. The SMILES string of the molecule is C=CC(=O)N[C@H]1CC[C@@]2(CC2C(CC)c2ncnc(N)c2C(=NC)c2ccc(Oc3cccc(F)c3)cc2F)C1. The first-order valence-electron chi connectivity index (χ1n) is 13.5. The first-order chi connectivity index (χ1) is 19.3. The molecule has 1 aromatic heterocycles. The van der Waals surface area contributed by atoms with Crippen LogP contribution >= 0.6 is 0 Å². The number of aromatic nitrogens is 2. The quantitative estimate of drug-likeness (QED) is 0.256. The highest BCUT2D eigenvalue weighted by Crippen LogP contribution is 2.68. The fraction of sp³-hybridized carbons (Fsp3) is 0.355. The van der Waals surface area contributed by atoms with E-state index in [-0.39, 0.29) is 46.2 Å². The van der Waals surface area contributed by atoms with Crippen molar-refractivity contribution in [2.24, 2.45) is 16.3 Å². The zero-order chi connectivity index (χ0) is 28.4. The van der Waals surface area contributed by atoms with Crippen molar-refractivity contribution in [3.8, 4) is 11.5 Å². The van der Waals surface area contributed by atoms with Gasteiger partial charge in [-0.25, -0.2) is 18.7 Å². The summed E-state index contributed by atoms with van der Waals surface area (Å²) in [6.07, 6.45) is 7.50. The van der Waals surface area contributed by atoms with Crippen LogP contribution in [0.4, 0.5) is 14.6 Å². The van der Waals surface area contributed by atoms with E-state index in [1.165, 1.54) is 36.7 Å². The first kappa shape index (κ1) is 27.4. The molecule has 208 valence electrons. The van der Waals surface area contributed by atoms with E-state index in [1.807, 2.05) is 0 Å². The summed E-state index contributed by atoms with van der Waals surface area (Å²) in [4.78, 5) is 25.2. The van der Waals surface area contributed by atoms with E-state index in [4.69, 9.17) is 10.5 Å². The molecule has 3 aromatic rings. The molecule has 0 saturated heterocycles. The molecule has 7 nitrogen and oxygen atoms in total. The van der Waals surface area contributed by atoms with Gasteiger partial charge in [-0.1, -0.05) is 19.6 Å². The van der Waals surface area contributed by atoms with E-state index < -0.39 is 11.6 Å². The van der Waals surface area contributed by atoms with Crippen LogP contribution in [-0.4, -0.2) is 34.7 Å². The molecule has 9 heteroatoms. The molecule has 4 atom stereocenters. The van der Waals surface area contributed by atoms with Crippen LogP contribution in [0.15, 0.2) is 66.4 Å². The van der Waals surface area contributed by atoms with E-state index in [0.717, 1.165) is 37.8 Å². The molecule has 2 unspecified atom stereocenters. The van der Waals surface area contributed by atoms with Crippen molar-refractivity contribution in [3.05, 3.63) is 89.9 Å². The molecule has 1 heterocycles. The number of hydrogen-bond donors (Lipinski definition) is 2. The summed E-state index contributed by atoms with van der Waals surface area (Å²) in [6, 6.07) is 10.2. The highest BCUT2D eigenvalue weighted by Gasteiger charge is 2.60. The number of carbonyl (C=O) groups is 1. The summed E-state index contributed by atoms with van der Waals surface area (Å²) in [7, 11) is 1.59. The summed E-state index contributed by atoms with van der Waals surface area (Å²) in [5, 5.41) is 3.05. The van der Waals surface area contributed by atoms with Crippen LogP contribution < -0.4 is 15.8 Å². The second kappa shape index (κ2) is 11.2. The molecule has 1 amide bonds. The van der Waals surface area contributed by atoms with Crippen molar-refractivity contribution in [1.29, 1.82) is 0 Å². The van der Waals surface area contributed by atoms with E-state index in [9.17, 15) is 9.18 Å². The van der Waals surface area contributed by atoms with Crippen LogP contribution in [-0.2, 0) is 4.79 Å². The van der Waals surface area contributed by atoms with Crippen molar-refractivity contribution < 1.29 is 18.3 Å². The van der Waals surface area contributed by atoms with Crippen molar-refractivity contribution in [3.63, 3.8) is 0 Å². The number of halogens is 2. The zero-order valence-corrected chi connectivity index (χ0v) is 22.7. The minimum atomic E-state index is -0.559. The van der Waals surface area contributed by atoms with Crippen molar-refractivity contribution in [2.45, 2.75) is 51.0 Å². The molecule has 0 aliphatic heterocycles. The van der Waals surface area contributed by atoms with Crippen molar-refractivity contribution in [1.82, 2.24) is 15.3 Å². The third kappa shape index (κ3) is 5.33. The van der Waals surface area contributed by atoms with Crippen LogP contribution in [0.25, 0.3) is 0 Å². The number of benzene rings is 2. The van der Waals surface area contributed by atoms with Gasteiger partial charge >= 0.3 is 0 Å². The molecule has 2 aromatic carbocycles. The Hall–Kier alpha value is -4.14. The van der Waals surface area contributed by atoms with E-state index >= 15 is 4.39 Å². The molecule has 40 heavy (non-hydrogen) atoms. The standard InChI is InChI=1S/C31H33F2N5O2/c1-4-22(24-16-31(24)12-11-19(15-31)38-26(39)5-2)29-27(30(34)37-17-36-29)28(35-3)23-10-9-21(14-25(23)33)40-20-8-6-7-18(32)13-20/h5-10,13-14,17,19,22,24H,2,4,11-12,15-16H2,1,3H3,(H,38,39)(H2,34,36,37)/t19-,22?,24?,31-/m0/s1. The van der Waals surface area contributed by atoms with Gasteiger partial charge in [-0.05, 0) is 73.8 Å². The Balaban J connectivity index is 1.42. The number of nitrogens with one attached hydrogen (secondary N) is 1. The fourth-order valence-corrected chi connectivity index (χ4v) is 6.40. The van der Waals surface area contributed by atoms with Gasteiger partial charge in [-0.3, -0.25) is 9.79 Å². The van der Waals surface area contributed by atoms with Gasteiger partial charge < -0.3 is 15.8 Å². The van der Waals surface area contributed by atoms with Crippen molar-refractivity contribution in [2.75, 3.05) is 12.8 Å². The second-order valence-corrected chi connectivity index (χ2v) is 10.6. The maximum atomic E-state index is 15.5. The predicted molar refractivity (Wildman–Crippen MR) is 150 cm³/mol. The zero-order valence-electron chi connectivity index (χ0n) is 22.7.